The molecule has 2 nitrogen and oxygen atoms in total. The molecule has 0 bridgehead atoms. The van der Waals surface area contributed by atoms with E-state index < -0.39 is 0 Å². The van der Waals surface area contributed by atoms with Crippen LogP contribution in [0.25, 0.3) is 21.5 Å². The van der Waals surface area contributed by atoms with Crippen molar-refractivity contribution in [2.24, 2.45) is 0 Å². The molecule has 0 fully saturated rings. The van der Waals surface area contributed by atoms with Gasteiger partial charge in [-0.25, -0.2) is 0 Å². The highest BCUT2D eigenvalue weighted by Crippen LogP contribution is 2.57. The van der Waals surface area contributed by atoms with E-state index in [-0.39, 0.29) is 5.41 Å². The number of ether oxygens (including phenoxy) is 1. The fourth-order valence-corrected chi connectivity index (χ4v) is 5.71. The van der Waals surface area contributed by atoms with Crippen molar-refractivity contribution in [1.29, 1.82) is 0 Å². The molecule has 0 saturated heterocycles. The molecule has 6 rings (SSSR count). The third-order valence-electron chi connectivity index (χ3n) is 7.52. The molecule has 5 aromatic rings. The molecule has 2 heteroatoms. The summed E-state index contributed by atoms with van der Waals surface area (Å²) in [5.41, 5.74) is 9.91. The first-order valence-corrected chi connectivity index (χ1v) is 12.8. The Morgan fingerprint density at radius 1 is 0.611 bits per heavy atom. The van der Waals surface area contributed by atoms with Gasteiger partial charge in [-0.3, -0.25) is 0 Å². The number of hydrogen-bond acceptors (Lipinski definition) is 2. The maximum atomic E-state index is 6.89. The summed E-state index contributed by atoms with van der Waals surface area (Å²) < 4.78 is 6.89. The molecule has 0 aliphatic carbocycles. The van der Waals surface area contributed by atoms with Crippen LogP contribution in [0.5, 0.6) is 11.5 Å². The number of rotatable bonds is 1. The van der Waals surface area contributed by atoms with Crippen LogP contribution in [0.1, 0.15) is 48.6 Å². The number of aryl methyl sites for hydroxylation is 4. The molecule has 0 atom stereocenters. The van der Waals surface area contributed by atoms with E-state index in [2.05, 4.69) is 126 Å². The summed E-state index contributed by atoms with van der Waals surface area (Å²) >= 11 is 0. The van der Waals surface area contributed by atoms with Crippen molar-refractivity contribution in [1.82, 2.24) is 0 Å². The lowest BCUT2D eigenvalue weighted by Gasteiger charge is -2.37. The Hall–Kier alpha value is -3.78. The van der Waals surface area contributed by atoms with Crippen molar-refractivity contribution in [3.05, 3.63) is 101 Å². The molecule has 1 aliphatic rings. The van der Waals surface area contributed by atoms with Gasteiger partial charge < -0.3 is 9.64 Å². The number of anilines is 3. The zero-order valence-corrected chi connectivity index (χ0v) is 22.3. The molecular formula is C34H33NO. The van der Waals surface area contributed by atoms with Crippen LogP contribution in [-0.2, 0) is 5.41 Å². The van der Waals surface area contributed by atoms with Crippen molar-refractivity contribution < 1.29 is 4.74 Å². The average Bonchev–Trinajstić information content (AvgIpc) is 2.82. The summed E-state index contributed by atoms with van der Waals surface area (Å²) in [6.45, 7) is 15.7. The molecule has 36 heavy (non-hydrogen) atoms. The molecule has 1 aliphatic heterocycles. The molecule has 0 amide bonds. The van der Waals surface area contributed by atoms with E-state index in [1.165, 1.54) is 44.3 Å². The Kier molecular flexibility index (Phi) is 4.95. The van der Waals surface area contributed by atoms with Gasteiger partial charge in [-0.2, -0.15) is 0 Å². The lowest BCUT2D eigenvalue weighted by atomic mass is 9.84. The van der Waals surface area contributed by atoms with Gasteiger partial charge in [-0.15, -0.1) is 0 Å². The highest BCUT2D eigenvalue weighted by molar-refractivity contribution is 6.05. The second kappa shape index (κ2) is 7.86. The van der Waals surface area contributed by atoms with Crippen LogP contribution in [0, 0.1) is 27.7 Å². The zero-order chi connectivity index (χ0) is 25.4. The third kappa shape index (κ3) is 3.39. The van der Waals surface area contributed by atoms with Gasteiger partial charge in [0.05, 0.1) is 17.1 Å². The van der Waals surface area contributed by atoms with Gasteiger partial charge in [-0.05, 0) is 78.3 Å². The van der Waals surface area contributed by atoms with Gasteiger partial charge in [-0.1, -0.05) is 87.0 Å². The maximum Gasteiger partial charge on any atom is 0.159 e. The fraction of sp³-hybridized carbons (Fsp3) is 0.235. The highest BCUT2D eigenvalue weighted by atomic mass is 16.5. The minimum atomic E-state index is 0.0923. The minimum absolute atomic E-state index is 0.0923. The van der Waals surface area contributed by atoms with Crippen molar-refractivity contribution in [2.45, 2.75) is 53.9 Å². The maximum absolute atomic E-state index is 6.89. The van der Waals surface area contributed by atoms with Crippen LogP contribution in [0.2, 0.25) is 0 Å². The SMILES string of the molecule is Cc1ccc2c3c(ccc2c1)N(c1c(C)cc(C(C)(C)C)cc1C)c1c(C)cc2ccccc2c1O3. The Bertz CT molecular complexity index is 1660. The summed E-state index contributed by atoms with van der Waals surface area (Å²) in [5, 5.41) is 4.68. The first kappa shape index (κ1) is 22.7. The van der Waals surface area contributed by atoms with Gasteiger partial charge in [0.2, 0.25) is 0 Å². The normalized spacial score (nSPS) is 13.0. The highest BCUT2D eigenvalue weighted by Gasteiger charge is 2.32. The fourth-order valence-electron chi connectivity index (χ4n) is 5.71. The lowest BCUT2D eigenvalue weighted by molar-refractivity contribution is 0.487. The zero-order valence-electron chi connectivity index (χ0n) is 22.3. The molecule has 180 valence electrons. The summed E-state index contributed by atoms with van der Waals surface area (Å²) in [7, 11) is 0. The van der Waals surface area contributed by atoms with Crippen LogP contribution in [0.3, 0.4) is 0 Å². The first-order chi connectivity index (χ1) is 17.1. The third-order valence-corrected chi connectivity index (χ3v) is 7.52. The Morgan fingerprint density at radius 3 is 1.97 bits per heavy atom. The summed E-state index contributed by atoms with van der Waals surface area (Å²) in [6, 6.07) is 26.6. The summed E-state index contributed by atoms with van der Waals surface area (Å²) in [5.74, 6) is 1.86. The number of fused-ring (bicyclic) bond motifs is 6. The minimum Gasteiger partial charge on any atom is -0.452 e. The second-order valence-corrected chi connectivity index (χ2v) is 11.4. The van der Waals surface area contributed by atoms with Gasteiger partial charge in [0, 0.05) is 10.8 Å². The molecule has 0 unspecified atom stereocenters. The molecule has 0 saturated carbocycles. The standard InChI is InChI=1S/C34H33NO/c1-20-12-14-28-25(16-20)13-15-29-32(28)36-33-27-11-9-8-10-24(27)17-21(2)31(33)35(29)30-22(3)18-26(19-23(30)4)34(5,6)7/h8-19H,1-7H3. The van der Waals surface area contributed by atoms with Crippen molar-refractivity contribution in [3.63, 3.8) is 0 Å². The second-order valence-electron chi connectivity index (χ2n) is 11.4. The van der Waals surface area contributed by atoms with E-state index >= 15 is 0 Å². The molecular weight excluding hydrogens is 438 g/mol. The smallest absolute Gasteiger partial charge is 0.159 e. The van der Waals surface area contributed by atoms with Crippen LogP contribution >= 0.6 is 0 Å². The van der Waals surface area contributed by atoms with Crippen molar-refractivity contribution >= 4 is 38.6 Å². The molecule has 0 spiro atoms. The molecule has 0 radical (unpaired) electrons. The predicted molar refractivity (Wildman–Crippen MR) is 154 cm³/mol. The molecule has 0 aromatic heterocycles. The lowest BCUT2D eigenvalue weighted by Crippen LogP contribution is -2.20. The van der Waals surface area contributed by atoms with Crippen LogP contribution in [-0.4, -0.2) is 0 Å². The molecule has 1 heterocycles. The van der Waals surface area contributed by atoms with Gasteiger partial charge in [0.1, 0.15) is 0 Å². The van der Waals surface area contributed by atoms with Crippen molar-refractivity contribution in [3.8, 4) is 11.5 Å². The molecule has 0 N–H and O–H groups in total. The van der Waals surface area contributed by atoms with E-state index in [4.69, 9.17) is 4.74 Å². The average molecular weight is 472 g/mol. The Labute approximate surface area is 214 Å². The van der Waals surface area contributed by atoms with Crippen molar-refractivity contribution in [2.75, 3.05) is 4.90 Å². The van der Waals surface area contributed by atoms with E-state index in [0.717, 1.165) is 33.6 Å². The quantitative estimate of drug-likeness (QED) is 0.236. The van der Waals surface area contributed by atoms with E-state index in [1.54, 1.807) is 0 Å². The summed E-state index contributed by atoms with van der Waals surface area (Å²) in [4.78, 5) is 2.45. The largest absolute Gasteiger partial charge is 0.452 e. The van der Waals surface area contributed by atoms with E-state index in [0.29, 0.717) is 0 Å². The van der Waals surface area contributed by atoms with Gasteiger partial charge in [0.15, 0.2) is 11.5 Å². The topological polar surface area (TPSA) is 12.5 Å². The predicted octanol–water partition coefficient (Wildman–Crippen LogP) is 10.1. The first-order valence-electron chi connectivity index (χ1n) is 12.8. The number of hydrogen-bond donors (Lipinski definition) is 0. The Morgan fingerprint density at radius 2 is 1.25 bits per heavy atom. The van der Waals surface area contributed by atoms with Crippen LogP contribution < -0.4 is 9.64 Å². The van der Waals surface area contributed by atoms with Crippen LogP contribution in [0.15, 0.2) is 72.8 Å². The van der Waals surface area contributed by atoms with Crippen LogP contribution in [0.4, 0.5) is 17.1 Å². The van der Waals surface area contributed by atoms with Gasteiger partial charge >= 0.3 is 0 Å². The monoisotopic (exact) mass is 471 g/mol. The van der Waals surface area contributed by atoms with E-state index in [1.807, 2.05) is 0 Å². The number of nitrogens with zero attached hydrogens (tertiary/aromatic N) is 1. The molecule has 5 aromatic carbocycles. The van der Waals surface area contributed by atoms with E-state index in [9.17, 15) is 0 Å². The number of benzene rings is 5. The Balaban J connectivity index is 1.73. The van der Waals surface area contributed by atoms with Gasteiger partial charge in [0.25, 0.3) is 0 Å². The summed E-state index contributed by atoms with van der Waals surface area (Å²) in [6.07, 6.45) is 0.